The molecule has 0 bridgehead atoms. The molecule has 1 unspecified atom stereocenters. The largest absolute Gasteiger partial charge is 0.490 e. The van der Waals surface area contributed by atoms with Gasteiger partial charge in [-0.15, -0.1) is 0 Å². The molecule has 1 heterocycles. The lowest BCUT2D eigenvalue weighted by Gasteiger charge is -2.38. The quantitative estimate of drug-likeness (QED) is 0.810. The van der Waals surface area contributed by atoms with Gasteiger partial charge in [-0.3, -0.25) is 0 Å². The summed E-state index contributed by atoms with van der Waals surface area (Å²) in [6, 6.07) is 8.11. The van der Waals surface area contributed by atoms with Crippen molar-refractivity contribution in [1.82, 2.24) is 0 Å². The Kier molecular flexibility index (Phi) is 3.62. The Bertz CT molecular complexity index is 413. The predicted molar refractivity (Wildman–Crippen MR) is 74.9 cm³/mol. The molecule has 18 heavy (non-hydrogen) atoms. The van der Waals surface area contributed by atoms with Crippen LogP contribution in [0.15, 0.2) is 28.7 Å². The van der Waals surface area contributed by atoms with Crippen LogP contribution in [-0.4, -0.2) is 18.3 Å². The van der Waals surface area contributed by atoms with Crippen LogP contribution in [0.2, 0.25) is 0 Å². The van der Waals surface area contributed by atoms with Crippen LogP contribution in [-0.2, 0) is 4.74 Å². The molecular formula is C15H19BrO2. The van der Waals surface area contributed by atoms with Crippen molar-refractivity contribution in [2.75, 3.05) is 6.61 Å². The number of halogens is 1. The van der Waals surface area contributed by atoms with Gasteiger partial charge in [-0.25, -0.2) is 0 Å². The van der Waals surface area contributed by atoms with Gasteiger partial charge >= 0.3 is 0 Å². The molecule has 3 heteroatoms. The summed E-state index contributed by atoms with van der Waals surface area (Å²) in [6.45, 7) is 0.846. The van der Waals surface area contributed by atoms with E-state index in [4.69, 9.17) is 9.47 Å². The molecule has 2 aliphatic rings. The lowest BCUT2D eigenvalue weighted by Crippen LogP contribution is -2.41. The number of ether oxygens (including phenoxy) is 2. The van der Waals surface area contributed by atoms with E-state index < -0.39 is 0 Å². The third kappa shape index (κ3) is 2.72. The van der Waals surface area contributed by atoms with Crippen molar-refractivity contribution in [3.8, 4) is 5.75 Å². The Morgan fingerprint density at radius 3 is 2.89 bits per heavy atom. The van der Waals surface area contributed by atoms with Gasteiger partial charge in [-0.05, 0) is 31.0 Å². The van der Waals surface area contributed by atoms with E-state index in [2.05, 4.69) is 15.9 Å². The van der Waals surface area contributed by atoms with Crippen molar-refractivity contribution in [3.63, 3.8) is 0 Å². The first-order chi connectivity index (χ1) is 8.76. The van der Waals surface area contributed by atoms with E-state index in [-0.39, 0.29) is 5.60 Å². The van der Waals surface area contributed by atoms with Gasteiger partial charge in [0.25, 0.3) is 0 Å². The smallest absolute Gasteiger partial charge is 0.120 e. The normalized spacial score (nSPS) is 26.4. The minimum absolute atomic E-state index is 0.134. The third-order valence-electron chi connectivity index (χ3n) is 4.06. The number of hydrogen-bond acceptors (Lipinski definition) is 2. The Morgan fingerprint density at radius 1 is 1.28 bits per heavy atom. The Labute approximate surface area is 117 Å². The zero-order valence-electron chi connectivity index (χ0n) is 10.5. The fourth-order valence-electron chi connectivity index (χ4n) is 3.18. The molecule has 0 radical (unpaired) electrons. The van der Waals surface area contributed by atoms with Crippen LogP contribution in [0.4, 0.5) is 0 Å². The molecule has 1 spiro atoms. The molecule has 3 rings (SSSR count). The van der Waals surface area contributed by atoms with Crippen molar-refractivity contribution < 1.29 is 9.47 Å². The molecule has 1 saturated heterocycles. The van der Waals surface area contributed by atoms with E-state index in [1.54, 1.807) is 0 Å². The molecule has 1 aromatic carbocycles. The third-order valence-corrected chi connectivity index (χ3v) is 4.55. The highest BCUT2D eigenvalue weighted by molar-refractivity contribution is 9.10. The van der Waals surface area contributed by atoms with Gasteiger partial charge in [0.2, 0.25) is 0 Å². The zero-order chi connectivity index (χ0) is 12.4. The standard InChI is InChI=1S/C15H19BrO2/c16-12-4-3-5-13(10-12)18-14-6-9-17-15(11-14)7-1-2-8-15/h3-5,10,14H,1-2,6-9,11H2. The van der Waals surface area contributed by atoms with Gasteiger partial charge in [0.15, 0.2) is 0 Å². The highest BCUT2D eigenvalue weighted by Gasteiger charge is 2.40. The minimum Gasteiger partial charge on any atom is -0.490 e. The van der Waals surface area contributed by atoms with E-state index in [0.717, 1.165) is 29.7 Å². The second kappa shape index (κ2) is 5.22. The maximum atomic E-state index is 6.11. The summed E-state index contributed by atoms with van der Waals surface area (Å²) in [5, 5.41) is 0. The second-order valence-corrected chi connectivity index (χ2v) is 6.34. The van der Waals surface area contributed by atoms with Gasteiger partial charge in [-0.1, -0.05) is 34.8 Å². The van der Waals surface area contributed by atoms with Gasteiger partial charge < -0.3 is 9.47 Å². The summed E-state index contributed by atoms with van der Waals surface area (Å²) >= 11 is 3.48. The van der Waals surface area contributed by atoms with Crippen LogP contribution < -0.4 is 4.74 Å². The Morgan fingerprint density at radius 2 is 2.11 bits per heavy atom. The molecule has 0 N–H and O–H groups in total. The van der Waals surface area contributed by atoms with Gasteiger partial charge in [-0.2, -0.15) is 0 Å². The molecule has 98 valence electrons. The summed E-state index contributed by atoms with van der Waals surface area (Å²) < 4.78 is 13.2. The second-order valence-electron chi connectivity index (χ2n) is 5.43. The minimum atomic E-state index is 0.134. The van der Waals surface area contributed by atoms with Crippen LogP contribution in [0.5, 0.6) is 5.75 Å². The number of rotatable bonds is 2. The predicted octanol–water partition coefficient (Wildman–Crippen LogP) is 4.32. The first-order valence-electron chi connectivity index (χ1n) is 6.82. The van der Waals surface area contributed by atoms with E-state index >= 15 is 0 Å². The topological polar surface area (TPSA) is 18.5 Å². The van der Waals surface area contributed by atoms with Gasteiger partial charge in [0.1, 0.15) is 11.9 Å². The van der Waals surface area contributed by atoms with E-state index in [1.165, 1.54) is 25.7 Å². The van der Waals surface area contributed by atoms with Crippen molar-refractivity contribution >= 4 is 15.9 Å². The molecule has 1 aliphatic heterocycles. The summed E-state index contributed by atoms with van der Waals surface area (Å²) in [5.41, 5.74) is 0.134. The monoisotopic (exact) mass is 310 g/mol. The summed E-state index contributed by atoms with van der Waals surface area (Å²) in [5.74, 6) is 0.962. The van der Waals surface area contributed by atoms with Crippen molar-refractivity contribution in [3.05, 3.63) is 28.7 Å². The lowest BCUT2D eigenvalue weighted by molar-refractivity contribution is -0.108. The van der Waals surface area contributed by atoms with Crippen LogP contribution >= 0.6 is 15.9 Å². The average molecular weight is 311 g/mol. The van der Waals surface area contributed by atoms with E-state index in [1.807, 2.05) is 24.3 Å². The molecule has 0 aromatic heterocycles. The maximum absolute atomic E-state index is 6.11. The molecule has 1 aromatic rings. The highest BCUT2D eigenvalue weighted by Crippen LogP contribution is 2.40. The molecule has 1 aliphatic carbocycles. The van der Waals surface area contributed by atoms with E-state index in [9.17, 15) is 0 Å². The Hall–Kier alpha value is -0.540. The Balaban J connectivity index is 1.66. The van der Waals surface area contributed by atoms with Crippen molar-refractivity contribution in [2.24, 2.45) is 0 Å². The fraction of sp³-hybridized carbons (Fsp3) is 0.600. The molecule has 1 atom stereocenters. The molecule has 1 saturated carbocycles. The average Bonchev–Trinajstić information content (AvgIpc) is 2.77. The first-order valence-corrected chi connectivity index (χ1v) is 7.61. The van der Waals surface area contributed by atoms with Crippen LogP contribution in [0.1, 0.15) is 38.5 Å². The zero-order valence-corrected chi connectivity index (χ0v) is 12.1. The van der Waals surface area contributed by atoms with Crippen molar-refractivity contribution in [1.29, 1.82) is 0 Å². The van der Waals surface area contributed by atoms with Crippen LogP contribution in [0.3, 0.4) is 0 Å². The van der Waals surface area contributed by atoms with Gasteiger partial charge in [0, 0.05) is 17.3 Å². The first kappa shape index (κ1) is 12.5. The summed E-state index contributed by atoms with van der Waals surface area (Å²) in [6.07, 6.45) is 7.42. The lowest BCUT2D eigenvalue weighted by atomic mass is 9.90. The molecular weight excluding hydrogens is 292 g/mol. The molecule has 0 amide bonds. The fourth-order valence-corrected chi connectivity index (χ4v) is 3.56. The maximum Gasteiger partial charge on any atom is 0.120 e. The highest BCUT2D eigenvalue weighted by atomic mass is 79.9. The molecule has 2 nitrogen and oxygen atoms in total. The number of hydrogen-bond donors (Lipinski definition) is 0. The number of benzene rings is 1. The van der Waals surface area contributed by atoms with E-state index in [0.29, 0.717) is 6.10 Å². The van der Waals surface area contributed by atoms with Crippen molar-refractivity contribution in [2.45, 2.75) is 50.2 Å². The van der Waals surface area contributed by atoms with Crippen LogP contribution in [0.25, 0.3) is 0 Å². The van der Waals surface area contributed by atoms with Gasteiger partial charge in [0.05, 0.1) is 12.2 Å². The SMILES string of the molecule is Brc1cccc(OC2CCOC3(CCCC3)C2)c1. The summed E-state index contributed by atoms with van der Waals surface area (Å²) in [7, 11) is 0. The summed E-state index contributed by atoms with van der Waals surface area (Å²) in [4.78, 5) is 0. The molecule has 2 fully saturated rings. The van der Waals surface area contributed by atoms with Crippen LogP contribution in [0, 0.1) is 0 Å².